The predicted octanol–water partition coefficient (Wildman–Crippen LogP) is 6.07. The highest BCUT2D eigenvalue weighted by atomic mass is 35.5. The zero-order valence-corrected chi connectivity index (χ0v) is 14.6. The number of halogens is 2. The number of nitrogens with zero attached hydrogens (tertiary/aromatic N) is 1. The smallest absolute Gasteiger partial charge is 0.222 e. The molecule has 1 aromatic carbocycles. The fraction of sp³-hybridized carbons (Fsp3) is 0. The van der Waals surface area contributed by atoms with E-state index in [2.05, 4.69) is 4.98 Å². The Morgan fingerprint density at radius 2 is 2.00 bits per heavy atom. The Bertz CT molecular complexity index is 1070. The number of thiophene rings is 1. The number of aromatic nitrogens is 1. The molecule has 3 heterocycles. The monoisotopic (exact) mass is 378 g/mol. The number of hydrogen-bond donors (Lipinski definition) is 1. The van der Waals surface area contributed by atoms with Crippen molar-refractivity contribution >= 4 is 56.8 Å². The Labute approximate surface area is 149 Å². The van der Waals surface area contributed by atoms with Crippen molar-refractivity contribution in [3.63, 3.8) is 0 Å². The van der Waals surface area contributed by atoms with Gasteiger partial charge in [0.1, 0.15) is 5.01 Å². The van der Waals surface area contributed by atoms with E-state index < -0.39 is 0 Å². The van der Waals surface area contributed by atoms with E-state index in [1.165, 1.54) is 11.3 Å². The van der Waals surface area contributed by atoms with Gasteiger partial charge in [-0.25, -0.2) is 4.98 Å². The van der Waals surface area contributed by atoms with Gasteiger partial charge in [-0.1, -0.05) is 29.3 Å². The zero-order chi connectivity index (χ0) is 16.0. The lowest BCUT2D eigenvalue weighted by molar-refractivity contribution is 0.536. The summed E-state index contributed by atoms with van der Waals surface area (Å²) in [6, 6.07) is 9.23. The molecule has 7 heteroatoms. The van der Waals surface area contributed by atoms with Crippen LogP contribution in [0.3, 0.4) is 0 Å². The van der Waals surface area contributed by atoms with Gasteiger partial charge in [0.2, 0.25) is 5.55 Å². The molecular weight excluding hydrogens is 371 g/mol. The Morgan fingerprint density at radius 3 is 2.78 bits per heavy atom. The van der Waals surface area contributed by atoms with Crippen LogP contribution in [0.4, 0.5) is 0 Å². The maximum Gasteiger partial charge on any atom is 0.222 e. The zero-order valence-electron chi connectivity index (χ0n) is 11.5. The van der Waals surface area contributed by atoms with Gasteiger partial charge in [0, 0.05) is 15.8 Å². The Kier molecular flexibility index (Phi) is 3.73. The lowest BCUT2D eigenvalue weighted by Crippen LogP contribution is -2.03. The second-order valence-electron chi connectivity index (χ2n) is 4.81. The predicted molar refractivity (Wildman–Crippen MR) is 96.5 cm³/mol. The van der Waals surface area contributed by atoms with E-state index in [9.17, 15) is 0 Å². The number of nitrogens with one attached hydrogen (secondary N) is 1. The quantitative estimate of drug-likeness (QED) is 0.459. The third-order valence-electron chi connectivity index (χ3n) is 3.29. The second kappa shape index (κ2) is 5.76. The van der Waals surface area contributed by atoms with Crippen molar-refractivity contribution in [1.82, 2.24) is 4.98 Å². The highest BCUT2D eigenvalue weighted by Gasteiger charge is 2.13. The van der Waals surface area contributed by atoms with E-state index in [0.717, 1.165) is 21.0 Å². The highest BCUT2D eigenvalue weighted by molar-refractivity contribution is 7.15. The summed E-state index contributed by atoms with van der Waals surface area (Å²) in [7, 11) is 0. The van der Waals surface area contributed by atoms with Crippen LogP contribution in [0.5, 0.6) is 0 Å². The molecule has 0 aliphatic carbocycles. The largest absolute Gasteiger partial charge is 0.437 e. The van der Waals surface area contributed by atoms with Gasteiger partial charge < -0.3 is 4.42 Å². The summed E-state index contributed by atoms with van der Waals surface area (Å²) in [5.41, 5.74) is 2.03. The van der Waals surface area contributed by atoms with Crippen LogP contribution in [0.25, 0.3) is 32.1 Å². The molecule has 0 radical (unpaired) electrons. The van der Waals surface area contributed by atoms with Crippen molar-refractivity contribution in [2.45, 2.75) is 0 Å². The molecule has 0 bridgehead atoms. The first-order chi connectivity index (χ1) is 11.1. The van der Waals surface area contributed by atoms with Gasteiger partial charge >= 0.3 is 0 Å². The first-order valence-corrected chi connectivity index (χ1v) is 9.10. The SMILES string of the molecule is N=c1oc2c(Cl)cc(Cl)cc2cc1-c1nc(-c2cccs2)cs1. The lowest BCUT2D eigenvalue weighted by Gasteiger charge is -2.03. The van der Waals surface area contributed by atoms with E-state index in [1.54, 1.807) is 23.5 Å². The molecule has 0 aliphatic rings. The van der Waals surface area contributed by atoms with Gasteiger partial charge in [-0.3, -0.25) is 5.41 Å². The normalized spacial score (nSPS) is 11.2. The first kappa shape index (κ1) is 14.9. The average molecular weight is 379 g/mol. The van der Waals surface area contributed by atoms with Crippen LogP contribution in [-0.4, -0.2) is 4.98 Å². The molecule has 0 amide bonds. The third kappa shape index (κ3) is 2.70. The fourth-order valence-corrected chi connectivity index (χ4v) is 4.41. The number of thiazole rings is 1. The molecule has 4 aromatic rings. The van der Waals surface area contributed by atoms with Crippen molar-refractivity contribution in [2.24, 2.45) is 0 Å². The van der Waals surface area contributed by atoms with Crippen molar-refractivity contribution in [1.29, 1.82) is 5.41 Å². The summed E-state index contributed by atoms with van der Waals surface area (Å²) in [4.78, 5) is 5.72. The van der Waals surface area contributed by atoms with Crippen LogP contribution < -0.4 is 5.55 Å². The van der Waals surface area contributed by atoms with Gasteiger partial charge in [0.05, 0.1) is 21.2 Å². The van der Waals surface area contributed by atoms with Gasteiger partial charge in [-0.05, 0) is 29.6 Å². The van der Waals surface area contributed by atoms with Gasteiger partial charge in [-0.2, -0.15) is 0 Å². The number of fused-ring (bicyclic) bond motifs is 1. The number of rotatable bonds is 2. The molecule has 0 saturated heterocycles. The minimum atomic E-state index is 0.0359. The molecule has 4 rings (SSSR count). The van der Waals surface area contributed by atoms with E-state index in [1.807, 2.05) is 29.0 Å². The van der Waals surface area contributed by atoms with Crippen LogP contribution in [0.1, 0.15) is 0 Å². The van der Waals surface area contributed by atoms with E-state index in [4.69, 9.17) is 33.0 Å². The van der Waals surface area contributed by atoms with Crippen LogP contribution in [0, 0.1) is 5.41 Å². The minimum Gasteiger partial charge on any atom is -0.437 e. The molecule has 0 fully saturated rings. The highest BCUT2D eigenvalue weighted by Crippen LogP contribution is 2.33. The van der Waals surface area contributed by atoms with Crippen molar-refractivity contribution in [3.8, 4) is 21.1 Å². The van der Waals surface area contributed by atoms with Crippen molar-refractivity contribution < 1.29 is 4.42 Å². The summed E-state index contributed by atoms with van der Waals surface area (Å²) in [5.74, 6) is 0. The summed E-state index contributed by atoms with van der Waals surface area (Å²) in [6.45, 7) is 0. The van der Waals surface area contributed by atoms with Crippen molar-refractivity contribution in [3.05, 3.63) is 56.7 Å². The summed E-state index contributed by atoms with van der Waals surface area (Å²) >= 11 is 15.3. The fourth-order valence-electron chi connectivity index (χ4n) is 2.27. The lowest BCUT2D eigenvalue weighted by atomic mass is 10.2. The Hall–Kier alpha value is -1.66. The summed E-state index contributed by atoms with van der Waals surface area (Å²) in [5, 5.41) is 14.5. The summed E-state index contributed by atoms with van der Waals surface area (Å²) < 4.78 is 5.58. The maximum atomic E-state index is 8.14. The molecule has 0 unspecified atom stereocenters. The standard InChI is InChI=1S/C16H8Cl2N2OS2/c17-9-4-8-5-10(15(19)21-14(8)11(18)6-9)16-20-12(7-23-16)13-2-1-3-22-13/h1-7,19H. The summed E-state index contributed by atoms with van der Waals surface area (Å²) in [6.07, 6.45) is 0. The average Bonchev–Trinajstić information content (AvgIpc) is 3.18. The van der Waals surface area contributed by atoms with Crippen LogP contribution in [0.15, 0.2) is 45.5 Å². The number of hydrogen-bond acceptors (Lipinski definition) is 5. The van der Waals surface area contributed by atoms with Gasteiger partial charge in [0.25, 0.3) is 0 Å². The minimum absolute atomic E-state index is 0.0359. The molecule has 3 aromatic heterocycles. The Balaban J connectivity index is 1.89. The van der Waals surface area contributed by atoms with Crippen LogP contribution in [-0.2, 0) is 0 Å². The van der Waals surface area contributed by atoms with Crippen LogP contribution in [0.2, 0.25) is 10.0 Å². The number of benzene rings is 1. The molecule has 0 saturated carbocycles. The van der Waals surface area contributed by atoms with E-state index in [-0.39, 0.29) is 5.55 Å². The third-order valence-corrected chi connectivity index (χ3v) is 5.56. The molecule has 3 nitrogen and oxygen atoms in total. The van der Waals surface area contributed by atoms with E-state index >= 15 is 0 Å². The molecular formula is C16H8Cl2N2OS2. The molecule has 0 atom stereocenters. The molecule has 1 N–H and O–H groups in total. The topological polar surface area (TPSA) is 49.9 Å². The molecule has 0 aliphatic heterocycles. The molecule has 114 valence electrons. The van der Waals surface area contributed by atoms with E-state index in [0.29, 0.717) is 21.2 Å². The van der Waals surface area contributed by atoms with Gasteiger partial charge in [0.15, 0.2) is 5.58 Å². The Morgan fingerprint density at radius 1 is 1.13 bits per heavy atom. The van der Waals surface area contributed by atoms with Gasteiger partial charge in [-0.15, -0.1) is 22.7 Å². The maximum absolute atomic E-state index is 8.14. The first-order valence-electron chi connectivity index (χ1n) is 6.59. The van der Waals surface area contributed by atoms with Crippen LogP contribution >= 0.6 is 45.9 Å². The molecule has 23 heavy (non-hydrogen) atoms. The second-order valence-corrected chi connectivity index (χ2v) is 7.46. The molecule has 0 spiro atoms. The van der Waals surface area contributed by atoms with Crippen molar-refractivity contribution in [2.75, 3.05) is 0 Å².